The zero-order valence-electron chi connectivity index (χ0n) is 28.5. The van der Waals surface area contributed by atoms with Crippen molar-refractivity contribution in [2.24, 2.45) is 0 Å². The number of likely N-dealkylation sites (N-methyl/N-ethyl adjacent to an activating group) is 1. The van der Waals surface area contributed by atoms with Crippen LogP contribution < -0.4 is 20.4 Å². The van der Waals surface area contributed by atoms with Crippen molar-refractivity contribution >= 4 is 35.2 Å². The average Bonchev–Trinajstić information content (AvgIpc) is 3.40. The zero-order valence-corrected chi connectivity index (χ0v) is 28.5. The van der Waals surface area contributed by atoms with Crippen molar-refractivity contribution in [2.45, 2.75) is 55.8 Å². The number of piperazine rings is 1. The maximum absolute atomic E-state index is 15.0. The molecule has 0 aliphatic carbocycles. The van der Waals surface area contributed by atoms with Crippen molar-refractivity contribution in [3.05, 3.63) is 54.1 Å². The van der Waals surface area contributed by atoms with Crippen molar-refractivity contribution in [2.75, 3.05) is 79.6 Å². The van der Waals surface area contributed by atoms with Gasteiger partial charge >= 0.3 is 6.03 Å². The van der Waals surface area contributed by atoms with E-state index in [1.807, 2.05) is 4.90 Å². The number of nitrogens with one attached hydrogen (secondary N) is 2. The smallest absolute Gasteiger partial charge is 0.323 e. The number of hydrogen-bond acceptors (Lipinski definition) is 10. The molecule has 17 heteroatoms. The molecule has 8 rings (SSSR count). The Balaban J connectivity index is 0.986. The van der Waals surface area contributed by atoms with E-state index in [1.54, 1.807) is 48.5 Å². The monoisotopic (exact) mass is 725 g/mol. The van der Waals surface area contributed by atoms with Crippen LogP contribution >= 0.6 is 0 Å². The van der Waals surface area contributed by atoms with Gasteiger partial charge in [0.1, 0.15) is 12.1 Å². The molecule has 1 aromatic heterocycles. The van der Waals surface area contributed by atoms with E-state index in [-0.39, 0.29) is 50.1 Å². The average molecular weight is 726 g/mol. The Bertz CT molecular complexity index is 1750. The van der Waals surface area contributed by atoms with E-state index in [9.17, 15) is 9.59 Å². The lowest BCUT2D eigenvalue weighted by atomic mass is 10.1. The minimum atomic E-state index is -3.04. The van der Waals surface area contributed by atoms with Gasteiger partial charge < -0.3 is 39.7 Å². The molecule has 3 amide bonds. The maximum Gasteiger partial charge on any atom is 0.323 e. The van der Waals surface area contributed by atoms with Crippen LogP contribution in [0.15, 0.2) is 48.5 Å². The minimum absolute atomic E-state index is 0.0296. The SMILES string of the molecule is CCN1CCN(C(=O)c2ccc(NC(=O)Nc3ccc(-c4nc(N5C6COCC5C(F)(F)C6)nc(N5C6COCC5C(F)(F)C6)n4)cc3)cc2)CC1. The summed E-state index contributed by atoms with van der Waals surface area (Å²) in [6.07, 6.45) is -0.868. The van der Waals surface area contributed by atoms with Crippen molar-refractivity contribution < 1.29 is 36.6 Å². The first-order valence-electron chi connectivity index (χ1n) is 17.5. The van der Waals surface area contributed by atoms with Gasteiger partial charge in [-0.15, -0.1) is 0 Å². The number of alkyl halides is 4. The maximum atomic E-state index is 15.0. The molecule has 0 radical (unpaired) electrons. The van der Waals surface area contributed by atoms with Crippen LogP contribution in [0.25, 0.3) is 11.4 Å². The number of anilines is 4. The number of carbonyl (C=O) groups excluding carboxylic acids is 2. The van der Waals surface area contributed by atoms with E-state index in [0.29, 0.717) is 35.6 Å². The standard InChI is InChI=1S/C35H39F4N9O4/c1-2-45-11-13-46(14-12-45)30(49)22-5-9-24(10-6-22)41-33(50)40-23-7-3-21(4-8-23)29-42-31(47-25-15-34(36,37)27(47)19-51-17-25)44-32(43-29)48-26-16-35(38,39)28(48)20-52-18-26/h3-10,25-28H,2,11-20H2,1H3,(H2,40,41,50). The molecule has 4 bridgehead atoms. The van der Waals surface area contributed by atoms with Crippen LogP contribution in [-0.4, -0.2) is 132 Å². The molecule has 5 fully saturated rings. The summed E-state index contributed by atoms with van der Waals surface area (Å²) < 4.78 is 70.9. The number of ether oxygens (including phenoxy) is 2. The molecule has 5 aliphatic rings. The first-order chi connectivity index (χ1) is 25.0. The Labute approximate surface area is 297 Å². The molecule has 5 saturated heterocycles. The summed E-state index contributed by atoms with van der Waals surface area (Å²) in [5.41, 5.74) is 1.94. The van der Waals surface area contributed by atoms with Crippen molar-refractivity contribution in [3.63, 3.8) is 0 Å². The third-order valence-electron chi connectivity index (χ3n) is 10.6. The molecule has 4 unspecified atom stereocenters. The predicted molar refractivity (Wildman–Crippen MR) is 183 cm³/mol. The molecule has 0 saturated carbocycles. The molecule has 6 heterocycles. The summed E-state index contributed by atoms with van der Waals surface area (Å²) >= 11 is 0. The number of amides is 3. The van der Waals surface area contributed by atoms with Gasteiger partial charge in [0.25, 0.3) is 17.8 Å². The molecule has 2 N–H and O–H groups in total. The highest BCUT2D eigenvalue weighted by Gasteiger charge is 2.59. The second-order valence-corrected chi connectivity index (χ2v) is 13.9. The van der Waals surface area contributed by atoms with Gasteiger partial charge in [0.2, 0.25) is 11.9 Å². The topological polar surface area (TPSA) is 128 Å². The van der Waals surface area contributed by atoms with Crippen LogP contribution in [0.3, 0.4) is 0 Å². The van der Waals surface area contributed by atoms with Crippen LogP contribution in [0, 0.1) is 0 Å². The summed E-state index contributed by atoms with van der Waals surface area (Å²) in [6, 6.07) is 8.73. The normalized spacial score (nSPS) is 26.4. The first-order valence-corrected chi connectivity index (χ1v) is 17.5. The van der Waals surface area contributed by atoms with Crippen LogP contribution in [0.5, 0.6) is 0 Å². The number of benzene rings is 2. The number of nitrogens with zero attached hydrogens (tertiary/aromatic N) is 7. The van der Waals surface area contributed by atoms with Gasteiger partial charge in [0, 0.05) is 61.5 Å². The lowest BCUT2D eigenvalue weighted by Gasteiger charge is -2.37. The molecule has 2 aromatic carbocycles. The summed E-state index contributed by atoms with van der Waals surface area (Å²) in [4.78, 5) is 46.5. The Kier molecular flexibility index (Phi) is 8.90. The van der Waals surface area contributed by atoms with Gasteiger partial charge in [-0.1, -0.05) is 6.92 Å². The number of carbonyl (C=O) groups is 2. The Hall–Kier alpha value is -4.61. The number of morpholine rings is 2. The fourth-order valence-electron chi connectivity index (χ4n) is 7.79. The van der Waals surface area contributed by atoms with E-state index in [1.165, 1.54) is 9.80 Å². The Morgan fingerprint density at radius 1 is 0.731 bits per heavy atom. The van der Waals surface area contributed by atoms with Gasteiger partial charge in [-0.2, -0.15) is 15.0 Å². The second kappa shape index (κ2) is 13.4. The van der Waals surface area contributed by atoms with Gasteiger partial charge in [0.05, 0.1) is 38.5 Å². The van der Waals surface area contributed by atoms with E-state index in [4.69, 9.17) is 9.47 Å². The zero-order chi connectivity index (χ0) is 36.2. The van der Waals surface area contributed by atoms with Crippen LogP contribution in [0.4, 0.5) is 45.6 Å². The highest BCUT2D eigenvalue weighted by molar-refractivity contribution is 6.00. The largest absolute Gasteiger partial charge is 0.377 e. The number of rotatable bonds is 7. The van der Waals surface area contributed by atoms with E-state index < -0.39 is 54.9 Å². The van der Waals surface area contributed by atoms with Crippen molar-refractivity contribution in [1.82, 2.24) is 24.8 Å². The van der Waals surface area contributed by atoms with E-state index >= 15 is 17.6 Å². The molecule has 4 atom stereocenters. The fraction of sp³-hybridized carbons (Fsp3) is 0.514. The lowest BCUT2D eigenvalue weighted by molar-refractivity contribution is -0.0248. The first kappa shape index (κ1) is 34.5. The highest BCUT2D eigenvalue weighted by atomic mass is 19.3. The number of halogens is 4. The van der Waals surface area contributed by atoms with Gasteiger partial charge in [-0.25, -0.2) is 22.4 Å². The Morgan fingerprint density at radius 2 is 1.23 bits per heavy atom. The molecule has 3 aromatic rings. The third kappa shape index (κ3) is 6.49. The Morgan fingerprint density at radius 3 is 1.71 bits per heavy atom. The summed E-state index contributed by atoms with van der Waals surface area (Å²) in [5, 5.41) is 5.51. The number of fused-ring (bicyclic) bond motifs is 4. The summed E-state index contributed by atoms with van der Waals surface area (Å²) in [5.74, 6) is -6.08. The molecular formula is C35H39F4N9O4. The van der Waals surface area contributed by atoms with E-state index in [0.717, 1.165) is 19.6 Å². The second-order valence-electron chi connectivity index (χ2n) is 13.9. The van der Waals surface area contributed by atoms with E-state index in [2.05, 4.69) is 37.4 Å². The molecule has 13 nitrogen and oxygen atoms in total. The van der Waals surface area contributed by atoms with Gasteiger partial charge in [-0.05, 0) is 55.1 Å². The number of aromatic nitrogens is 3. The number of urea groups is 1. The third-order valence-corrected chi connectivity index (χ3v) is 10.6. The molecule has 5 aliphatic heterocycles. The molecular weight excluding hydrogens is 686 g/mol. The van der Waals surface area contributed by atoms with Crippen molar-refractivity contribution in [1.29, 1.82) is 0 Å². The summed E-state index contributed by atoms with van der Waals surface area (Å²) in [6.45, 7) is 5.77. The number of hydrogen-bond donors (Lipinski definition) is 2. The van der Waals surface area contributed by atoms with Gasteiger partial charge in [0.15, 0.2) is 5.82 Å². The molecule has 0 spiro atoms. The predicted octanol–water partition coefficient (Wildman–Crippen LogP) is 4.19. The molecule has 276 valence electrons. The molecule has 52 heavy (non-hydrogen) atoms. The van der Waals surface area contributed by atoms with Gasteiger partial charge in [-0.3, -0.25) is 4.79 Å². The van der Waals surface area contributed by atoms with Crippen LogP contribution in [0.1, 0.15) is 30.1 Å². The van der Waals surface area contributed by atoms with Crippen molar-refractivity contribution in [3.8, 4) is 11.4 Å². The highest BCUT2D eigenvalue weighted by Crippen LogP contribution is 2.45. The van der Waals surface area contributed by atoms with Crippen LogP contribution in [0.2, 0.25) is 0 Å². The lowest BCUT2D eigenvalue weighted by Crippen LogP contribution is -2.52. The minimum Gasteiger partial charge on any atom is -0.377 e. The quantitative estimate of drug-likeness (QED) is 0.343. The fourth-order valence-corrected chi connectivity index (χ4v) is 7.79. The van der Waals surface area contributed by atoms with Crippen LogP contribution in [-0.2, 0) is 9.47 Å². The summed E-state index contributed by atoms with van der Waals surface area (Å²) in [7, 11) is 0.